The summed E-state index contributed by atoms with van der Waals surface area (Å²) in [5.74, 6) is 0.705. The van der Waals surface area contributed by atoms with E-state index < -0.39 is 0 Å². The minimum absolute atomic E-state index is 0.705. The predicted octanol–water partition coefficient (Wildman–Crippen LogP) is 0.816. The Labute approximate surface area is 73.1 Å². The molecule has 12 heavy (non-hydrogen) atoms. The molecule has 1 saturated heterocycles. The molecule has 0 aliphatic carbocycles. The number of piperidine rings is 1. The molecule has 0 amide bonds. The van der Waals surface area contributed by atoms with Crippen LogP contribution in [0, 0.1) is 5.92 Å². The first-order valence-corrected chi connectivity index (χ1v) is 4.48. The fraction of sp³-hybridized carbons (Fsp3) is 0.667. The zero-order valence-corrected chi connectivity index (χ0v) is 7.40. The van der Waals surface area contributed by atoms with E-state index in [9.17, 15) is 0 Å². The molecule has 0 bridgehead atoms. The van der Waals surface area contributed by atoms with Crippen LogP contribution < -0.4 is 5.43 Å². The lowest BCUT2D eigenvalue weighted by Crippen LogP contribution is -2.30. The second kappa shape index (κ2) is 3.27. The van der Waals surface area contributed by atoms with E-state index in [-0.39, 0.29) is 0 Å². The van der Waals surface area contributed by atoms with Crippen LogP contribution in [0.25, 0.3) is 0 Å². The van der Waals surface area contributed by atoms with Gasteiger partial charge in [0.2, 0.25) is 0 Å². The fourth-order valence-corrected chi connectivity index (χ4v) is 1.79. The van der Waals surface area contributed by atoms with Crippen LogP contribution >= 0.6 is 0 Å². The van der Waals surface area contributed by atoms with Gasteiger partial charge < -0.3 is 4.90 Å². The maximum atomic E-state index is 3.85. The monoisotopic (exact) mass is 164 g/mol. The van der Waals surface area contributed by atoms with Crippen LogP contribution in [0.5, 0.6) is 0 Å². The highest BCUT2D eigenvalue weighted by molar-refractivity contribution is 5.80. The highest BCUT2D eigenvalue weighted by atomic mass is 15.3. The summed E-state index contributed by atoms with van der Waals surface area (Å²) in [6.45, 7) is 2.41. The van der Waals surface area contributed by atoms with Crippen LogP contribution in [0.4, 0.5) is 0 Å². The Morgan fingerprint density at radius 2 is 2.17 bits per heavy atom. The van der Waals surface area contributed by atoms with Gasteiger partial charge in [0.05, 0.1) is 12.4 Å². The highest BCUT2D eigenvalue weighted by Gasteiger charge is 2.20. The first kappa shape index (κ1) is 7.80. The van der Waals surface area contributed by atoms with Gasteiger partial charge in [-0.2, -0.15) is 10.5 Å². The van der Waals surface area contributed by atoms with E-state index >= 15 is 0 Å². The normalized spacial score (nSPS) is 25.6. The van der Waals surface area contributed by atoms with E-state index in [4.69, 9.17) is 0 Å². The molecule has 0 aromatic rings. The molecule has 2 aliphatic rings. The third-order valence-corrected chi connectivity index (χ3v) is 2.67. The van der Waals surface area contributed by atoms with Gasteiger partial charge in [-0.25, -0.2) is 0 Å². The molecule has 3 nitrogen and oxygen atoms in total. The van der Waals surface area contributed by atoms with Crippen LogP contribution in [0.2, 0.25) is 0 Å². The maximum absolute atomic E-state index is 3.85. The molecule has 65 valence electrons. The van der Waals surface area contributed by atoms with Crippen molar-refractivity contribution >= 4 is 6.21 Å². The minimum atomic E-state index is 0.705. The zero-order chi connectivity index (χ0) is 8.39. The quantitative estimate of drug-likeness (QED) is 0.564. The Hall–Kier alpha value is -0.830. The Kier molecular flexibility index (Phi) is 2.13. The predicted molar refractivity (Wildman–Crippen MR) is 48.9 cm³/mol. The van der Waals surface area contributed by atoms with E-state index in [0.29, 0.717) is 5.92 Å². The van der Waals surface area contributed by atoms with Crippen molar-refractivity contribution in [3.05, 3.63) is 11.8 Å². The van der Waals surface area contributed by atoms with E-state index in [2.05, 4.69) is 22.5 Å². The van der Waals surface area contributed by atoms with Gasteiger partial charge in [-0.15, -0.1) is 0 Å². The Bertz CT molecular complexity index is 212. The van der Waals surface area contributed by atoms with Gasteiger partial charge >= 0.3 is 0 Å². The molecule has 1 radical (unpaired) electrons. The van der Waals surface area contributed by atoms with Crippen LogP contribution in [-0.2, 0) is 0 Å². The average molecular weight is 164 g/mol. The van der Waals surface area contributed by atoms with Gasteiger partial charge in [0.15, 0.2) is 0 Å². The SMILES string of the molecule is CN1CCC(C2=C[N]N=C2)CC1. The largest absolute Gasteiger partial charge is 0.306 e. The highest BCUT2D eigenvalue weighted by Crippen LogP contribution is 2.23. The number of rotatable bonds is 1. The van der Waals surface area contributed by atoms with Crippen molar-refractivity contribution in [2.24, 2.45) is 11.0 Å². The lowest BCUT2D eigenvalue weighted by Gasteiger charge is -2.28. The van der Waals surface area contributed by atoms with Crippen LogP contribution in [0.3, 0.4) is 0 Å². The van der Waals surface area contributed by atoms with Crippen LogP contribution in [0.1, 0.15) is 12.8 Å². The molecular formula is C9H14N3. The van der Waals surface area contributed by atoms with E-state index in [1.165, 1.54) is 31.5 Å². The van der Waals surface area contributed by atoms with Crippen LogP contribution in [0.15, 0.2) is 16.9 Å². The summed E-state index contributed by atoms with van der Waals surface area (Å²) in [6, 6.07) is 0. The molecule has 0 spiro atoms. The van der Waals surface area contributed by atoms with Crippen molar-refractivity contribution in [3.8, 4) is 0 Å². The zero-order valence-electron chi connectivity index (χ0n) is 7.40. The minimum Gasteiger partial charge on any atom is -0.306 e. The third-order valence-electron chi connectivity index (χ3n) is 2.67. The lowest BCUT2D eigenvalue weighted by molar-refractivity contribution is 0.241. The third kappa shape index (κ3) is 1.50. The summed E-state index contributed by atoms with van der Waals surface area (Å²) in [6.07, 6.45) is 6.31. The summed E-state index contributed by atoms with van der Waals surface area (Å²) >= 11 is 0. The van der Waals surface area contributed by atoms with Gasteiger partial charge in [0, 0.05) is 0 Å². The molecule has 0 aromatic heterocycles. The maximum Gasteiger partial charge on any atom is 0.0546 e. The molecule has 3 heteroatoms. The summed E-state index contributed by atoms with van der Waals surface area (Å²) in [4.78, 5) is 2.38. The smallest absolute Gasteiger partial charge is 0.0546 e. The van der Waals surface area contributed by atoms with E-state index in [0.717, 1.165) is 0 Å². The standard InChI is InChI=1S/C9H14N3/c1-12-4-2-8(3-5-12)9-6-10-11-7-9/h6-8H,2-5H2,1H3. The molecule has 0 atom stereocenters. The molecular weight excluding hydrogens is 150 g/mol. The topological polar surface area (TPSA) is 29.7 Å². The number of likely N-dealkylation sites (tertiary alicyclic amines) is 1. The lowest BCUT2D eigenvalue weighted by atomic mass is 9.90. The second-order valence-electron chi connectivity index (χ2n) is 3.57. The van der Waals surface area contributed by atoms with Crippen molar-refractivity contribution in [1.82, 2.24) is 10.3 Å². The van der Waals surface area contributed by atoms with Crippen LogP contribution in [-0.4, -0.2) is 31.3 Å². The average Bonchev–Trinajstić information content (AvgIpc) is 2.58. The number of allylic oxidation sites excluding steroid dienone is 1. The van der Waals surface area contributed by atoms with Gasteiger partial charge in [-0.05, 0) is 44.5 Å². The Morgan fingerprint density at radius 1 is 1.42 bits per heavy atom. The molecule has 2 aliphatic heterocycles. The van der Waals surface area contributed by atoms with Crippen molar-refractivity contribution in [2.75, 3.05) is 20.1 Å². The van der Waals surface area contributed by atoms with Crippen molar-refractivity contribution in [2.45, 2.75) is 12.8 Å². The Morgan fingerprint density at radius 3 is 2.75 bits per heavy atom. The number of nitrogens with zero attached hydrogens (tertiary/aromatic N) is 3. The van der Waals surface area contributed by atoms with Gasteiger partial charge in [-0.3, -0.25) is 0 Å². The molecule has 2 heterocycles. The molecule has 0 N–H and O–H groups in total. The van der Waals surface area contributed by atoms with Crippen molar-refractivity contribution in [3.63, 3.8) is 0 Å². The summed E-state index contributed by atoms with van der Waals surface area (Å²) in [7, 11) is 2.18. The molecule has 2 rings (SSSR count). The van der Waals surface area contributed by atoms with Crippen molar-refractivity contribution in [1.29, 1.82) is 0 Å². The summed E-state index contributed by atoms with van der Waals surface area (Å²) in [5.41, 5.74) is 5.18. The van der Waals surface area contributed by atoms with Gasteiger partial charge in [0.1, 0.15) is 0 Å². The molecule has 0 saturated carbocycles. The molecule has 1 fully saturated rings. The molecule has 0 aromatic carbocycles. The Balaban J connectivity index is 1.93. The van der Waals surface area contributed by atoms with Gasteiger partial charge in [0.25, 0.3) is 0 Å². The first-order chi connectivity index (χ1) is 5.86. The summed E-state index contributed by atoms with van der Waals surface area (Å²) in [5, 5.41) is 3.85. The van der Waals surface area contributed by atoms with E-state index in [1.807, 2.05) is 12.4 Å². The second-order valence-corrected chi connectivity index (χ2v) is 3.57. The first-order valence-electron chi connectivity index (χ1n) is 4.48. The number of hydrogen-bond donors (Lipinski definition) is 0. The number of hydrogen-bond acceptors (Lipinski definition) is 2. The van der Waals surface area contributed by atoms with Gasteiger partial charge in [-0.1, -0.05) is 0 Å². The molecule has 0 unspecified atom stereocenters. The summed E-state index contributed by atoms with van der Waals surface area (Å²) < 4.78 is 0. The fourth-order valence-electron chi connectivity index (χ4n) is 1.79. The van der Waals surface area contributed by atoms with E-state index in [1.54, 1.807) is 0 Å². The van der Waals surface area contributed by atoms with Crippen molar-refractivity contribution < 1.29 is 0 Å².